The van der Waals surface area contributed by atoms with E-state index >= 15 is 0 Å². The van der Waals surface area contributed by atoms with E-state index in [1.807, 2.05) is 0 Å². The summed E-state index contributed by atoms with van der Waals surface area (Å²) in [5.74, 6) is 0. The van der Waals surface area contributed by atoms with Gasteiger partial charge in [-0.25, -0.2) is 9.98 Å². The first-order valence-corrected chi connectivity index (χ1v) is 10.2. The molecule has 0 bridgehead atoms. The van der Waals surface area contributed by atoms with Crippen LogP contribution in [-0.4, -0.2) is 26.3 Å². The Morgan fingerprint density at radius 1 is 1.39 bits per heavy atom. The van der Waals surface area contributed by atoms with Crippen molar-refractivity contribution in [3.63, 3.8) is 0 Å². The van der Waals surface area contributed by atoms with Gasteiger partial charge in [-0.15, -0.1) is 11.3 Å². The smallest absolute Gasteiger partial charge is 0.258 e. The van der Waals surface area contributed by atoms with Gasteiger partial charge in [-0.2, -0.15) is 10.4 Å². The zero-order valence-electron chi connectivity index (χ0n) is 14.6. The molecule has 2 aromatic heterocycles. The zero-order valence-corrected chi connectivity index (χ0v) is 16.2. The standard InChI is InChI=1S/C18H14N6O2S2/c19-8-13-12-3-1-2-4-15(12)27-17(13)20-9-11-5-6-16(14(7-11)24(25)26)28-18-21-10-22-23-18/h5-7,9-10H,1-4H2,(H,21,22,23). The Morgan fingerprint density at radius 3 is 3.00 bits per heavy atom. The minimum Gasteiger partial charge on any atom is -0.258 e. The number of benzene rings is 1. The zero-order chi connectivity index (χ0) is 19.5. The van der Waals surface area contributed by atoms with Gasteiger partial charge in [0.15, 0.2) is 5.16 Å². The Hall–Kier alpha value is -3.03. The van der Waals surface area contributed by atoms with Crippen molar-refractivity contribution in [2.45, 2.75) is 35.7 Å². The summed E-state index contributed by atoms with van der Waals surface area (Å²) < 4.78 is 0. The van der Waals surface area contributed by atoms with Crippen molar-refractivity contribution in [2.75, 3.05) is 0 Å². The number of nitrogens with zero attached hydrogens (tertiary/aromatic N) is 5. The molecule has 0 aliphatic heterocycles. The van der Waals surface area contributed by atoms with Crippen molar-refractivity contribution in [3.05, 3.63) is 56.2 Å². The lowest BCUT2D eigenvalue weighted by atomic mass is 9.96. The number of rotatable bonds is 5. The number of aromatic nitrogens is 3. The number of aliphatic imine (C=N–C) groups is 1. The summed E-state index contributed by atoms with van der Waals surface area (Å²) >= 11 is 2.68. The molecule has 0 amide bonds. The summed E-state index contributed by atoms with van der Waals surface area (Å²) in [5.41, 5.74) is 2.33. The van der Waals surface area contributed by atoms with E-state index in [0.717, 1.165) is 43.0 Å². The summed E-state index contributed by atoms with van der Waals surface area (Å²) in [6.45, 7) is 0. The molecule has 8 nitrogen and oxygen atoms in total. The van der Waals surface area contributed by atoms with E-state index in [4.69, 9.17) is 0 Å². The van der Waals surface area contributed by atoms with Crippen LogP contribution in [0, 0.1) is 21.4 Å². The molecule has 0 fully saturated rings. The second-order valence-electron chi connectivity index (χ2n) is 6.14. The minimum absolute atomic E-state index is 0.0312. The van der Waals surface area contributed by atoms with E-state index in [1.54, 1.807) is 29.7 Å². The van der Waals surface area contributed by atoms with Crippen LogP contribution in [0.2, 0.25) is 0 Å². The van der Waals surface area contributed by atoms with Crippen LogP contribution < -0.4 is 0 Å². The maximum absolute atomic E-state index is 11.5. The Bertz CT molecular complexity index is 1100. The summed E-state index contributed by atoms with van der Waals surface area (Å²) in [7, 11) is 0. The summed E-state index contributed by atoms with van der Waals surface area (Å²) in [6, 6.07) is 7.17. The van der Waals surface area contributed by atoms with Gasteiger partial charge >= 0.3 is 0 Å². The first kappa shape index (κ1) is 18.3. The molecule has 1 N–H and O–H groups in total. The van der Waals surface area contributed by atoms with E-state index in [9.17, 15) is 15.4 Å². The van der Waals surface area contributed by atoms with Crippen LogP contribution in [0.4, 0.5) is 10.7 Å². The number of hydrogen-bond donors (Lipinski definition) is 1. The van der Waals surface area contributed by atoms with Gasteiger partial charge in [0.2, 0.25) is 0 Å². The maximum atomic E-state index is 11.5. The Balaban J connectivity index is 1.63. The third kappa shape index (κ3) is 3.67. The fourth-order valence-electron chi connectivity index (χ4n) is 3.08. The van der Waals surface area contributed by atoms with Gasteiger partial charge in [-0.05, 0) is 54.6 Å². The number of H-pyrrole nitrogens is 1. The Kier molecular flexibility index (Phi) is 5.18. The van der Waals surface area contributed by atoms with Crippen LogP contribution >= 0.6 is 23.1 Å². The lowest BCUT2D eigenvalue weighted by molar-refractivity contribution is -0.387. The lowest BCUT2D eigenvalue weighted by Gasteiger charge is -2.09. The fraction of sp³-hybridized carbons (Fsp3) is 0.222. The lowest BCUT2D eigenvalue weighted by Crippen LogP contribution is -1.99. The number of aryl methyl sites for hydroxylation is 1. The van der Waals surface area contributed by atoms with Crippen LogP contribution in [0.25, 0.3) is 0 Å². The van der Waals surface area contributed by atoms with Gasteiger partial charge in [-0.1, -0.05) is 6.07 Å². The van der Waals surface area contributed by atoms with Crippen molar-refractivity contribution >= 4 is 40.0 Å². The van der Waals surface area contributed by atoms with E-state index < -0.39 is 4.92 Å². The molecule has 0 saturated heterocycles. The molecule has 0 atom stereocenters. The number of thiophene rings is 1. The molecule has 28 heavy (non-hydrogen) atoms. The molecule has 140 valence electrons. The van der Waals surface area contributed by atoms with Crippen LogP contribution in [-0.2, 0) is 12.8 Å². The topological polar surface area (TPSA) is 121 Å². The van der Waals surface area contributed by atoms with E-state index in [2.05, 4.69) is 26.2 Å². The highest BCUT2D eigenvalue weighted by atomic mass is 32.2. The summed E-state index contributed by atoms with van der Waals surface area (Å²) in [4.78, 5) is 21.2. The van der Waals surface area contributed by atoms with Crippen LogP contribution in [0.1, 0.15) is 34.4 Å². The molecular formula is C18H14N6O2S2. The van der Waals surface area contributed by atoms with Gasteiger partial charge in [0.05, 0.1) is 15.4 Å². The number of nitro groups is 1. The van der Waals surface area contributed by atoms with Crippen molar-refractivity contribution in [1.82, 2.24) is 15.2 Å². The maximum Gasteiger partial charge on any atom is 0.283 e. The highest BCUT2D eigenvalue weighted by Crippen LogP contribution is 2.39. The molecule has 1 aromatic carbocycles. The Labute approximate surface area is 168 Å². The molecule has 2 heterocycles. The molecule has 10 heteroatoms. The van der Waals surface area contributed by atoms with Crippen molar-refractivity contribution in [2.24, 2.45) is 4.99 Å². The minimum atomic E-state index is -0.430. The predicted octanol–water partition coefficient (Wildman–Crippen LogP) is 4.43. The van der Waals surface area contributed by atoms with Gasteiger partial charge in [0, 0.05) is 17.2 Å². The second kappa shape index (κ2) is 7.92. The summed E-state index contributed by atoms with van der Waals surface area (Å²) in [6.07, 6.45) is 7.07. The van der Waals surface area contributed by atoms with Crippen LogP contribution in [0.5, 0.6) is 0 Å². The number of hydrogen-bond acceptors (Lipinski definition) is 8. The SMILES string of the molecule is N#Cc1c(N=Cc2ccc(Sc3ncn[nH]3)c([N+](=O)[O-])c2)sc2c1CCCC2. The van der Waals surface area contributed by atoms with Crippen LogP contribution in [0.3, 0.4) is 0 Å². The van der Waals surface area contributed by atoms with Crippen molar-refractivity contribution < 1.29 is 4.92 Å². The molecule has 0 saturated carbocycles. The molecule has 1 aliphatic rings. The van der Waals surface area contributed by atoms with Gasteiger partial charge in [0.1, 0.15) is 17.4 Å². The van der Waals surface area contributed by atoms with Crippen molar-refractivity contribution in [1.29, 1.82) is 5.26 Å². The average Bonchev–Trinajstić information content (AvgIpc) is 3.33. The first-order chi connectivity index (χ1) is 13.7. The van der Waals surface area contributed by atoms with Crippen molar-refractivity contribution in [3.8, 4) is 6.07 Å². The number of aromatic amines is 1. The molecule has 4 rings (SSSR count). The highest BCUT2D eigenvalue weighted by Gasteiger charge is 2.20. The normalized spacial score (nSPS) is 13.4. The largest absolute Gasteiger partial charge is 0.283 e. The number of nitro benzene ring substituents is 1. The monoisotopic (exact) mass is 410 g/mol. The fourth-order valence-corrected chi connectivity index (χ4v) is 5.05. The van der Waals surface area contributed by atoms with E-state index in [-0.39, 0.29) is 5.69 Å². The molecule has 1 aliphatic carbocycles. The van der Waals surface area contributed by atoms with Gasteiger partial charge < -0.3 is 0 Å². The van der Waals surface area contributed by atoms with Gasteiger partial charge in [0.25, 0.3) is 5.69 Å². The number of nitriles is 1. The molecule has 0 spiro atoms. The third-order valence-electron chi connectivity index (χ3n) is 4.37. The van der Waals surface area contributed by atoms with Gasteiger partial charge in [-0.3, -0.25) is 15.2 Å². The number of nitrogens with one attached hydrogen (secondary N) is 1. The average molecular weight is 410 g/mol. The first-order valence-electron chi connectivity index (χ1n) is 8.56. The highest BCUT2D eigenvalue weighted by molar-refractivity contribution is 7.99. The van der Waals surface area contributed by atoms with E-state index in [1.165, 1.54) is 17.3 Å². The molecule has 0 radical (unpaired) electrons. The Morgan fingerprint density at radius 2 is 2.25 bits per heavy atom. The quantitative estimate of drug-likeness (QED) is 0.377. The van der Waals surface area contributed by atoms with E-state index in [0.29, 0.717) is 26.2 Å². The number of fused-ring (bicyclic) bond motifs is 1. The molecule has 3 aromatic rings. The second-order valence-corrected chi connectivity index (χ2v) is 8.25. The summed E-state index contributed by atoms with van der Waals surface area (Å²) in [5, 5.41) is 28.6. The molecular weight excluding hydrogens is 396 g/mol. The van der Waals surface area contributed by atoms with Crippen LogP contribution in [0.15, 0.2) is 39.6 Å². The molecule has 0 unspecified atom stereocenters. The predicted molar refractivity (Wildman–Crippen MR) is 107 cm³/mol. The third-order valence-corrected chi connectivity index (χ3v) is 6.53.